The van der Waals surface area contributed by atoms with Crippen LogP contribution in [-0.4, -0.2) is 25.7 Å². The van der Waals surface area contributed by atoms with Crippen LogP contribution in [0.2, 0.25) is 0 Å². The Balaban J connectivity index is 2.13. The van der Waals surface area contributed by atoms with Crippen LogP contribution in [0.5, 0.6) is 5.75 Å². The van der Waals surface area contributed by atoms with E-state index in [1.54, 1.807) is 0 Å². The number of rotatable bonds is 5. The number of aromatic hydroxyl groups is 1. The van der Waals surface area contributed by atoms with E-state index in [-0.39, 0.29) is 11.4 Å². The number of carbonyl (C=O) groups is 1. The number of nitrogens with zero attached hydrogens (tertiary/aromatic N) is 3. The lowest BCUT2D eigenvalue weighted by Gasteiger charge is -2.09. The van der Waals surface area contributed by atoms with Crippen molar-refractivity contribution in [2.75, 3.05) is 5.32 Å². The first kappa shape index (κ1) is 16.3. The van der Waals surface area contributed by atoms with Gasteiger partial charge in [-0.25, -0.2) is 8.78 Å². The Morgan fingerprint density at radius 1 is 1.48 bits per heavy atom. The van der Waals surface area contributed by atoms with E-state index in [2.05, 4.69) is 10.4 Å². The fourth-order valence-corrected chi connectivity index (χ4v) is 1.93. The van der Waals surface area contributed by atoms with Crippen LogP contribution in [0.4, 0.5) is 20.2 Å². The number of amides is 1. The predicted octanol–water partition coefficient (Wildman–Crippen LogP) is 2.38. The lowest BCUT2D eigenvalue weighted by Crippen LogP contribution is -2.21. The Kier molecular flexibility index (Phi) is 4.53. The summed E-state index contributed by atoms with van der Waals surface area (Å²) < 4.78 is 26.5. The number of nitro benzene ring substituents is 1. The minimum atomic E-state index is -2.78. The van der Waals surface area contributed by atoms with Gasteiger partial charge in [0.2, 0.25) is 5.91 Å². The van der Waals surface area contributed by atoms with Crippen molar-refractivity contribution >= 4 is 17.3 Å². The summed E-state index contributed by atoms with van der Waals surface area (Å²) in [5.41, 5.74) is -0.469. The summed E-state index contributed by atoms with van der Waals surface area (Å²) in [6.07, 6.45) is -2.78. The first-order valence-corrected chi connectivity index (χ1v) is 6.37. The zero-order valence-electron chi connectivity index (χ0n) is 11.9. The SMILES string of the molecule is Cc1cc(C(F)F)n(CC(=O)Nc2ccc([N+](=O)[O-])cc2O)n1. The average molecular weight is 326 g/mol. The van der Waals surface area contributed by atoms with Gasteiger partial charge in [-0.2, -0.15) is 5.10 Å². The van der Waals surface area contributed by atoms with Gasteiger partial charge in [0.05, 0.1) is 22.4 Å². The molecule has 0 spiro atoms. The van der Waals surface area contributed by atoms with Crippen molar-refractivity contribution in [3.8, 4) is 5.75 Å². The second-order valence-corrected chi connectivity index (χ2v) is 4.68. The van der Waals surface area contributed by atoms with E-state index < -0.39 is 35.2 Å². The number of nitro groups is 1. The van der Waals surface area contributed by atoms with Gasteiger partial charge in [0.1, 0.15) is 18.0 Å². The minimum absolute atomic E-state index is 0.0666. The number of phenols is 1. The van der Waals surface area contributed by atoms with Gasteiger partial charge in [-0.15, -0.1) is 0 Å². The third kappa shape index (κ3) is 3.78. The largest absolute Gasteiger partial charge is 0.506 e. The van der Waals surface area contributed by atoms with Gasteiger partial charge in [0, 0.05) is 6.07 Å². The van der Waals surface area contributed by atoms with Crippen molar-refractivity contribution < 1.29 is 23.6 Å². The van der Waals surface area contributed by atoms with Gasteiger partial charge in [0.25, 0.3) is 12.1 Å². The van der Waals surface area contributed by atoms with E-state index in [4.69, 9.17) is 0 Å². The first-order valence-electron chi connectivity index (χ1n) is 6.37. The Morgan fingerprint density at radius 2 is 2.17 bits per heavy atom. The number of nitrogens with one attached hydrogen (secondary N) is 1. The number of non-ortho nitro benzene ring substituents is 1. The molecule has 0 saturated carbocycles. The van der Waals surface area contributed by atoms with E-state index in [1.807, 2.05) is 0 Å². The number of aromatic nitrogens is 2. The topological polar surface area (TPSA) is 110 Å². The molecule has 0 aliphatic heterocycles. The summed E-state index contributed by atoms with van der Waals surface area (Å²) in [4.78, 5) is 21.7. The summed E-state index contributed by atoms with van der Waals surface area (Å²) in [6.45, 7) is 1.03. The van der Waals surface area contributed by atoms with E-state index in [0.717, 1.165) is 22.9 Å². The number of alkyl halides is 2. The fraction of sp³-hybridized carbons (Fsp3) is 0.231. The van der Waals surface area contributed by atoms with Crippen molar-refractivity contribution in [1.82, 2.24) is 9.78 Å². The summed E-state index contributed by atoms with van der Waals surface area (Å²) in [5.74, 6) is -1.21. The molecular weight excluding hydrogens is 314 g/mol. The monoisotopic (exact) mass is 326 g/mol. The molecule has 0 saturated heterocycles. The molecule has 0 aliphatic rings. The van der Waals surface area contributed by atoms with Crippen LogP contribution in [0, 0.1) is 17.0 Å². The second-order valence-electron chi connectivity index (χ2n) is 4.68. The molecule has 2 N–H and O–H groups in total. The van der Waals surface area contributed by atoms with Crippen molar-refractivity contribution in [3.63, 3.8) is 0 Å². The van der Waals surface area contributed by atoms with Crippen molar-refractivity contribution in [2.24, 2.45) is 0 Å². The Labute approximate surface area is 128 Å². The van der Waals surface area contributed by atoms with Gasteiger partial charge in [-0.1, -0.05) is 0 Å². The number of phenolic OH excluding ortho intramolecular Hbond substituents is 1. The summed E-state index contributed by atoms with van der Waals surface area (Å²) in [5, 5.41) is 26.3. The summed E-state index contributed by atoms with van der Waals surface area (Å²) in [6, 6.07) is 4.28. The van der Waals surface area contributed by atoms with E-state index in [0.29, 0.717) is 5.69 Å². The molecule has 0 aliphatic carbocycles. The van der Waals surface area contributed by atoms with Gasteiger partial charge in [-0.3, -0.25) is 19.6 Å². The maximum absolute atomic E-state index is 12.8. The highest BCUT2D eigenvalue weighted by atomic mass is 19.3. The maximum atomic E-state index is 12.8. The van der Waals surface area contributed by atoms with Crippen LogP contribution in [0.1, 0.15) is 17.8 Å². The third-order valence-electron chi connectivity index (χ3n) is 2.92. The van der Waals surface area contributed by atoms with Crippen LogP contribution in [-0.2, 0) is 11.3 Å². The van der Waals surface area contributed by atoms with Crippen LogP contribution in [0.25, 0.3) is 0 Å². The number of halogens is 2. The molecule has 0 atom stereocenters. The number of carbonyl (C=O) groups excluding carboxylic acids is 1. The number of aryl methyl sites for hydroxylation is 1. The molecule has 0 bridgehead atoms. The standard InChI is InChI=1S/C13H12F2N4O4/c1-7-4-10(13(14)15)18(17-7)6-12(21)16-9-3-2-8(19(22)23)5-11(9)20/h2-5,13,20H,6H2,1H3,(H,16,21). The molecule has 1 amide bonds. The maximum Gasteiger partial charge on any atom is 0.280 e. The molecular formula is C13H12F2N4O4. The van der Waals surface area contributed by atoms with Crippen LogP contribution < -0.4 is 5.32 Å². The highest BCUT2D eigenvalue weighted by Crippen LogP contribution is 2.28. The molecule has 1 aromatic heterocycles. The van der Waals surface area contributed by atoms with Crippen LogP contribution >= 0.6 is 0 Å². The minimum Gasteiger partial charge on any atom is -0.506 e. The second kappa shape index (κ2) is 6.38. The normalized spacial score (nSPS) is 10.8. The van der Waals surface area contributed by atoms with Gasteiger partial charge < -0.3 is 10.4 Å². The number of benzene rings is 1. The molecule has 0 unspecified atom stereocenters. The van der Waals surface area contributed by atoms with E-state index in [1.165, 1.54) is 13.0 Å². The Bertz CT molecular complexity index is 760. The average Bonchev–Trinajstić information content (AvgIpc) is 2.81. The van der Waals surface area contributed by atoms with Crippen LogP contribution in [0.15, 0.2) is 24.3 Å². The molecule has 2 aromatic rings. The smallest absolute Gasteiger partial charge is 0.280 e. The lowest BCUT2D eigenvalue weighted by atomic mass is 10.2. The fourth-order valence-electron chi connectivity index (χ4n) is 1.93. The molecule has 10 heteroatoms. The van der Waals surface area contributed by atoms with Gasteiger partial charge in [0.15, 0.2) is 0 Å². The zero-order chi connectivity index (χ0) is 17.1. The first-order chi connectivity index (χ1) is 10.8. The molecule has 23 heavy (non-hydrogen) atoms. The quantitative estimate of drug-likeness (QED) is 0.498. The Hall–Kier alpha value is -3.04. The molecule has 0 radical (unpaired) electrons. The van der Waals surface area contributed by atoms with Gasteiger partial charge >= 0.3 is 0 Å². The predicted molar refractivity (Wildman–Crippen MR) is 75.3 cm³/mol. The van der Waals surface area contributed by atoms with E-state index in [9.17, 15) is 28.8 Å². The molecule has 1 heterocycles. The van der Waals surface area contributed by atoms with Gasteiger partial charge in [-0.05, 0) is 19.1 Å². The zero-order valence-corrected chi connectivity index (χ0v) is 11.9. The van der Waals surface area contributed by atoms with Crippen molar-refractivity contribution in [1.29, 1.82) is 0 Å². The molecule has 0 fully saturated rings. The highest BCUT2D eigenvalue weighted by molar-refractivity contribution is 5.92. The third-order valence-corrected chi connectivity index (χ3v) is 2.92. The van der Waals surface area contributed by atoms with Crippen molar-refractivity contribution in [3.05, 3.63) is 45.8 Å². The van der Waals surface area contributed by atoms with E-state index >= 15 is 0 Å². The Morgan fingerprint density at radius 3 is 2.74 bits per heavy atom. The molecule has 1 aromatic carbocycles. The summed E-state index contributed by atoms with van der Waals surface area (Å²) in [7, 11) is 0. The summed E-state index contributed by atoms with van der Waals surface area (Å²) >= 11 is 0. The van der Waals surface area contributed by atoms with Crippen molar-refractivity contribution in [2.45, 2.75) is 19.9 Å². The molecule has 8 nitrogen and oxygen atoms in total. The highest BCUT2D eigenvalue weighted by Gasteiger charge is 2.18. The van der Waals surface area contributed by atoms with Crippen LogP contribution in [0.3, 0.4) is 0 Å². The number of anilines is 1. The molecule has 122 valence electrons. The lowest BCUT2D eigenvalue weighted by molar-refractivity contribution is -0.384. The molecule has 2 rings (SSSR count). The number of hydrogen-bond acceptors (Lipinski definition) is 5. The number of hydrogen-bond donors (Lipinski definition) is 2.